The van der Waals surface area contributed by atoms with Gasteiger partial charge in [-0.25, -0.2) is 17.8 Å². The number of rotatable bonds is 6. The van der Waals surface area contributed by atoms with Crippen LogP contribution in [0.15, 0.2) is 52.7 Å². The van der Waals surface area contributed by atoms with Crippen LogP contribution in [0.5, 0.6) is 0 Å². The maximum atomic E-state index is 13.5. The van der Waals surface area contributed by atoms with Crippen LogP contribution < -0.4 is 4.90 Å². The van der Waals surface area contributed by atoms with Gasteiger partial charge < -0.3 is 4.90 Å². The fourth-order valence-electron chi connectivity index (χ4n) is 3.75. The summed E-state index contributed by atoms with van der Waals surface area (Å²) >= 11 is 7.38. The van der Waals surface area contributed by atoms with Crippen LogP contribution in [0.3, 0.4) is 0 Å². The van der Waals surface area contributed by atoms with Crippen molar-refractivity contribution >= 4 is 43.6 Å². The number of sulfone groups is 1. The van der Waals surface area contributed by atoms with Crippen LogP contribution in [-0.2, 0) is 16.3 Å². The van der Waals surface area contributed by atoms with Gasteiger partial charge in [0.05, 0.1) is 20.8 Å². The molecule has 1 aliphatic heterocycles. The molecule has 32 heavy (non-hydrogen) atoms. The number of aromatic nitrogens is 1. The Morgan fingerprint density at radius 2 is 1.88 bits per heavy atom. The molecule has 0 atom stereocenters. The minimum absolute atomic E-state index is 0.104. The Balaban J connectivity index is 1.40. The fraction of sp³-hybridized carbons (Fsp3) is 0.286. The number of halogens is 2. The monoisotopic (exact) mass is 495 g/mol. The number of non-ortho nitro benzene ring substituents is 1. The lowest BCUT2D eigenvalue weighted by molar-refractivity contribution is -0.384. The van der Waals surface area contributed by atoms with E-state index in [9.17, 15) is 22.9 Å². The molecule has 1 aromatic heterocycles. The first kappa shape index (κ1) is 22.6. The van der Waals surface area contributed by atoms with Crippen LogP contribution >= 0.6 is 22.9 Å². The number of nitro benzene ring substituents is 1. The number of hydrogen-bond donors (Lipinski definition) is 0. The summed E-state index contributed by atoms with van der Waals surface area (Å²) < 4.78 is 39.4. The van der Waals surface area contributed by atoms with Crippen molar-refractivity contribution in [2.24, 2.45) is 0 Å². The number of thiazole rings is 1. The van der Waals surface area contributed by atoms with Crippen LogP contribution in [0.1, 0.15) is 24.1 Å². The average Bonchev–Trinajstić information content (AvgIpc) is 3.21. The number of nitrogens with zero attached hydrogens (tertiary/aromatic N) is 3. The van der Waals surface area contributed by atoms with E-state index in [0.29, 0.717) is 37.4 Å². The Hall–Kier alpha value is -2.56. The lowest BCUT2D eigenvalue weighted by atomic mass is 10.1. The van der Waals surface area contributed by atoms with E-state index >= 15 is 0 Å². The molecule has 2 aromatic carbocycles. The smallest absolute Gasteiger partial charge is 0.269 e. The standard InChI is InChI=1S/C21H19ClFN3O4S2/c22-15-9-14(10-16(23)12-15)11-17-13-31-21(24-17)25-7-5-20(6-8-25)32(29,30)19-3-1-18(2-4-19)26(27)28/h1-4,9-10,12-13,20H,5-8,11H2. The van der Waals surface area contributed by atoms with E-state index in [1.54, 1.807) is 6.07 Å². The second kappa shape index (κ2) is 9.13. The lowest BCUT2D eigenvalue weighted by Crippen LogP contribution is -2.39. The quantitative estimate of drug-likeness (QED) is 0.357. The Labute approximate surface area is 193 Å². The minimum atomic E-state index is -3.57. The summed E-state index contributed by atoms with van der Waals surface area (Å²) in [6.45, 7) is 1.07. The Morgan fingerprint density at radius 1 is 1.19 bits per heavy atom. The molecule has 0 saturated carbocycles. The molecule has 3 aromatic rings. The molecule has 1 fully saturated rings. The topological polar surface area (TPSA) is 93.4 Å². The lowest BCUT2D eigenvalue weighted by Gasteiger charge is -2.31. The van der Waals surface area contributed by atoms with Gasteiger partial charge in [-0.2, -0.15) is 0 Å². The maximum absolute atomic E-state index is 13.5. The highest BCUT2D eigenvalue weighted by molar-refractivity contribution is 7.92. The molecule has 1 saturated heterocycles. The highest BCUT2D eigenvalue weighted by atomic mass is 35.5. The van der Waals surface area contributed by atoms with E-state index in [1.165, 1.54) is 47.7 Å². The Kier molecular flexibility index (Phi) is 6.45. The second-order valence-electron chi connectivity index (χ2n) is 7.56. The van der Waals surface area contributed by atoms with Gasteiger partial charge in [0.15, 0.2) is 15.0 Å². The molecule has 1 aliphatic rings. The van der Waals surface area contributed by atoms with E-state index in [4.69, 9.17) is 11.6 Å². The predicted molar refractivity (Wildman–Crippen MR) is 122 cm³/mol. The Morgan fingerprint density at radius 3 is 2.50 bits per heavy atom. The van der Waals surface area contributed by atoms with Crippen LogP contribution in [0, 0.1) is 15.9 Å². The number of hydrogen-bond acceptors (Lipinski definition) is 7. The predicted octanol–water partition coefficient (Wildman–Crippen LogP) is 4.88. The molecule has 0 amide bonds. The minimum Gasteiger partial charge on any atom is -0.348 e. The molecule has 11 heteroatoms. The zero-order valence-electron chi connectivity index (χ0n) is 16.8. The molecule has 0 spiro atoms. The molecule has 0 N–H and O–H groups in total. The SMILES string of the molecule is O=[N+]([O-])c1ccc(S(=O)(=O)C2CCN(c3nc(Cc4cc(F)cc(Cl)c4)cs3)CC2)cc1. The number of anilines is 1. The maximum Gasteiger partial charge on any atom is 0.269 e. The molecular formula is C21H19ClFN3O4S2. The molecule has 0 bridgehead atoms. The van der Waals surface area contributed by atoms with Crippen molar-refractivity contribution in [1.29, 1.82) is 0 Å². The van der Waals surface area contributed by atoms with Crippen molar-refractivity contribution in [3.05, 3.63) is 80.1 Å². The van der Waals surface area contributed by atoms with E-state index in [-0.39, 0.29) is 16.4 Å². The molecule has 0 radical (unpaired) electrons. The third-order valence-electron chi connectivity index (χ3n) is 5.37. The zero-order chi connectivity index (χ0) is 22.9. The molecule has 0 unspecified atom stereocenters. The van der Waals surface area contributed by atoms with Gasteiger partial charge >= 0.3 is 0 Å². The third kappa shape index (κ3) is 4.92. The summed E-state index contributed by atoms with van der Waals surface area (Å²) in [6.07, 6.45) is 1.33. The van der Waals surface area contributed by atoms with Crippen LogP contribution in [0.2, 0.25) is 5.02 Å². The van der Waals surface area contributed by atoms with Crippen LogP contribution in [-0.4, -0.2) is 36.7 Å². The van der Waals surface area contributed by atoms with Crippen molar-refractivity contribution in [2.75, 3.05) is 18.0 Å². The van der Waals surface area contributed by atoms with Crippen molar-refractivity contribution in [2.45, 2.75) is 29.4 Å². The average molecular weight is 496 g/mol. The molecule has 4 rings (SSSR count). The first-order valence-corrected chi connectivity index (χ1v) is 12.7. The van der Waals surface area contributed by atoms with Crippen molar-refractivity contribution < 1.29 is 17.7 Å². The van der Waals surface area contributed by atoms with Gasteiger partial charge in [-0.3, -0.25) is 10.1 Å². The van der Waals surface area contributed by atoms with Crippen molar-refractivity contribution in [1.82, 2.24) is 4.98 Å². The van der Waals surface area contributed by atoms with E-state index < -0.39 is 20.0 Å². The van der Waals surface area contributed by atoms with Gasteiger partial charge in [0.25, 0.3) is 5.69 Å². The van der Waals surface area contributed by atoms with Gasteiger partial charge in [-0.05, 0) is 48.7 Å². The molecule has 7 nitrogen and oxygen atoms in total. The normalized spacial score (nSPS) is 15.1. The molecule has 0 aliphatic carbocycles. The fourth-order valence-corrected chi connectivity index (χ4v) is 6.61. The number of benzene rings is 2. The second-order valence-corrected chi connectivity index (χ2v) is 11.1. The van der Waals surface area contributed by atoms with Crippen LogP contribution in [0.25, 0.3) is 0 Å². The molecule has 168 valence electrons. The van der Waals surface area contributed by atoms with E-state index in [2.05, 4.69) is 9.88 Å². The molecule has 2 heterocycles. The Bertz CT molecular complexity index is 1220. The van der Waals surface area contributed by atoms with Crippen LogP contribution in [0.4, 0.5) is 15.2 Å². The van der Waals surface area contributed by atoms with E-state index in [1.807, 2.05) is 5.38 Å². The summed E-state index contributed by atoms with van der Waals surface area (Å²) in [7, 11) is -3.57. The highest BCUT2D eigenvalue weighted by Crippen LogP contribution is 2.30. The summed E-state index contributed by atoms with van der Waals surface area (Å²) in [5.41, 5.74) is 1.39. The largest absolute Gasteiger partial charge is 0.348 e. The number of nitro groups is 1. The zero-order valence-corrected chi connectivity index (χ0v) is 19.2. The van der Waals surface area contributed by atoms with Crippen molar-refractivity contribution in [3.63, 3.8) is 0 Å². The van der Waals surface area contributed by atoms with E-state index in [0.717, 1.165) is 16.4 Å². The first-order chi connectivity index (χ1) is 15.2. The summed E-state index contributed by atoms with van der Waals surface area (Å²) in [5, 5.41) is 13.3. The van der Waals surface area contributed by atoms with Gasteiger partial charge in [0.1, 0.15) is 5.82 Å². The van der Waals surface area contributed by atoms with Crippen molar-refractivity contribution in [3.8, 4) is 0 Å². The molecular weight excluding hydrogens is 477 g/mol. The summed E-state index contributed by atoms with van der Waals surface area (Å²) in [6, 6.07) is 9.41. The summed E-state index contributed by atoms with van der Waals surface area (Å²) in [5.74, 6) is -0.390. The third-order valence-corrected chi connectivity index (χ3v) is 8.82. The van der Waals surface area contributed by atoms with Gasteiger partial charge in [0, 0.05) is 42.0 Å². The number of piperidine rings is 1. The van der Waals surface area contributed by atoms with Gasteiger partial charge in [-0.15, -0.1) is 11.3 Å². The summed E-state index contributed by atoms with van der Waals surface area (Å²) in [4.78, 5) is 17.0. The highest BCUT2D eigenvalue weighted by Gasteiger charge is 2.32. The first-order valence-electron chi connectivity index (χ1n) is 9.85. The van der Waals surface area contributed by atoms with Gasteiger partial charge in [-0.1, -0.05) is 11.6 Å². The van der Waals surface area contributed by atoms with Gasteiger partial charge in [0.2, 0.25) is 0 Å².